The van der Waals surface area contributed by atoms with E-state index in [9.17, 15) is 4.79 Å². The van der Waals surface area contributed by atoms with Crippen molar-refractivity contribution in [3.05, 3.63) is 59.1 Å². The van der Waals surface area contributed by atoms with Gasteiger partial charge in [0.2, 0.25) is 5.95 Å². The number of thiophene rings is 1. The Morgan fingerprint density at radius 2 is 2.13 bits per heavy atom. The number of carbonyl (C=O) groups excluding carboxylic acids is 1. The summed E-state index contributed by atoms with van der Waals surface area (Å²) < 4.78 is 0. The highest BCUT2D eigenvalue weighted by Crippen LogP contribution is 2.27. The van der Waals surface area contributed by atoms with Crippen LogP contribution in [0, 0.1) is 6.92 Å². The van der Waals surface area contributed by atoms with E-state index in [0.29, 0.717) is 12.4 Å². The third kappa shape index (κ3) is 4.02. The van der Waals surface area contributed by atoms with Gasteiger partial charge in [0, 0.05) is 18.3 Å². The minimum atomic E-state index is 0.166. The molecule has 3 rings (SSSR count). The van der Waals surface area contributed by atoms with Gasteiger partial charge in [-0.2, -0.15) is 0 Å². The molecule has 0 fully saturated rings. The first-order valence-electron chi connectivity index (χ1n) is 7.34. The highest BCUT2D eigenvalue weighted by molar-refractivity contribution is 7.13. The molecule has 0 atom stereocenters. The van der Waals surface area contributed by atoms with Gasteiger partial charge in [-0.25, -0.2) is 9.97 Å². The van der Waals surface area contributed by atoms with Gasteiger partial charge < -0.3 is 5.32 Å². The highest BCUT2D eigenvalue weighted by atomic mass is 32.1. The molecule has 3 aromatic rings. The lowest BCUT2D eigenvalue weighted by Gasteiger charge is -2.06. The minimum absolute atomic E-state index is 0.166. The largest absolute Gasteiger partial charge is 0.324 e. The Kier molecular flexibility index (Phi) is 4.48. The molecule has 0 aliphatic carbocycles. The summed E-state index contributed by atoms with van der Waals surface area (Å²) in [5, 5.41) is 5.23. The summed E-state index contributed by atoms with van der Waals surface area (Å²) >= 11 is 1.59. The molecule has 0 saturated heterocycles. The molecule has 0 unspecified atom stereocenters. The van der Waals surface area contributed by atoms with Crippen LogP contribution in [0.25, 0.3) is 10.6 Å². The Hall–Kier alpha value is -2.53. The predicted octanol–water partition coefficient (Wildman–Crippen LogP) is 4.39. The quantitative estimate of drug-likeness (QED) is 0.756. The Bertz CT molecular complexity index is 842. The summed E-state index contributed by atoms with van der Waals surface area (Å²) in [6.45, 7) is 3.65. The number of nitrogens with one attached hydrogen (secondary N) is 1. The third-order valence-corrected chi connectivity index (χ3v) is 4.29. The molecule has 0 saturated carbocycles. The van der Waals surface area contributed by atoms with Crippen LogP contribution < -0.4 is 5.32 Å². The second-order valence-electron chi connectivity index (χ2n) is 5.46. The van der Waals surface area contributed by atoms with E-state index in [4.69, 9.17) is 0 Å². The molecule has 5 heteroatoms. The first-order valence-corrected chi connectivity index (χ1v) is 8.22. The average Bonchev–Trinajstić information content (AvgIpc) is 2.95. The number of ketones is 1. The molecule has 2 heterocycles. The van der Waals surface area contributed by atoms with Crippen molar-refractivity contribution < 1.29 is 4.79 Å². The monoisotopic (exact) mass is 323 g/mol. The van der Waals surface area contributed by atoms with Gasteiger partial charge >= 0.3 is 0 Å². The van der Waals surface area contributed by atoms with Crippen LogP contribution in [0.4, 0.5) is 11.6 Å². The molecule has 0 aliphatic heterocycles. The predicted molar refractivity (Wildman–Crippen MR) is 94.2 cm³/mol. The number of Topliss-reactive ketones (excluding diaryl/α,β-unsaturated/α-hetero) is 1. The first kappa shape index (κ1) is 15.4. The smallest absolute Gasteiger partial charge is 0.227 e. The van der Waals surface area contributed by atoms with Crippen LogP contribution in [-0.4, -0.2) is 15.8 Å². The van der Waals surface area contributed by atoms with Gasteiger partial charge in [0.05, 0.1) is 10.6 Å². The van der Waals surface area contributed by atoms with Crippen LogP contribution in [0.1, 0.15) is 18.1 Å². The number of anilines is 2. The first-order chi connectivity index (χ1) is 11.1. The molecular formula is C18H17N3OS. The van der Waals surface area contributed by atoms with Crippen LogP contribution in [-0.2, 0) is 11.2 Å². The number of aryl methyl sites for hydroxylation is 1. The Balaban J connectivity index is 1.82. The van der Waals surface area contributed by atoms with Crippen LogP contribution in [0.5, 0.6) is 0 Å². The third-order valence-electron chi connectivity index (χ3n) is 3.29. The molecule has 0 aliphatic rings. The van der Waals surface area contributed by atoms with E-state index < -0.39 is 0 Å². The molecule has 0 spiro atoms. The van der Waals surface area contributed by atoms with E-state index in [0.717, 1.165) is 21.8 Å². The number of hydrogen-bond acceptors (Lipinski definition) is 5. The zero-order valence-corrected chi connectivity index (χ0v) is 13.9. The summed E-state index contributed by atoms with van der Waals surface area (Å²) in [4.78, 5) is 21.1. The average molecular weight is 323 g/mol. The van der Waals surface area contributed by atoms with Crippen molar-refractivity contribution in [2.45, 2.75) is 20.3 Å². The Morgan fingerprint density at radius 1 is 1.26 bits per heavy atom. The van der Waals surface area contributed by atoms with Gasteiger partial charge in [0.1, 0.15) is 5.78 Å². The molecule has 1 aromatic carbocycles. The molecule has 4 nitrogen and oxygen atoms in total. The van der Waals surface area contributed by atoms with Crippen LogP contribution >= 0.6 is 11.3 Å². The number of rotatable bonds is 5. The molecule has 2 aromatic heterocycles. The van der Waals surface area contributed by atoms with Crippen molar-refractivity contribution >= 4 is 28.8 Å². The van der Waals surface area contributed by atoms with E-state index >= 15 is 0 Å². The van der Waals surface area contributed by atoms with Crippen molar-refractivity contribution in [3.8, 4) is 10.6 Å². The van der Waals surface area contributed by atoms with E-state index in [1.165, 1.54) is 5.56 Å². The lowest BCUT2D eigenvalue weighted by Crippen LogP contribution is -1.97. The van der Waals surface area contributed by atoms with Gasteiger partial charge in [-0.3, -0.25) is 4.79 Å². The summed E-state index contributed by atoms with van der Waals surface area (Å²) in [7, 11) is 0. The second kappa shape index (κ2) is 6.71. The normalized spacial score (nSPS) is 10.5. The fourth-order valence-corrected chi connectivity index (χ4v) is 3.18. The summed E-state index contributed by atoms with van der Waals surface area (Å²) in [5.74, 6) is 0.730. The molecule has 1 N–H and O–H groups in total. The molecule has 0 amide bonds. The van der Waals surface area contributed by atoms with Crippen molar-refractivity contribution in [2.24, 2.45) is 0 Å². The van der Waals surface area contributed by atoms with Gasteiger partial charge in [0.25, 0.3) is 0 Å². The number of benzene rings is 1. The number of carbonyl (C=O) groups is 1. The van der Waals surface area contributed by atoms with Gasteiger partial charge in [0.15, 0.2) is 0 Å². The van der Waals surface area contributed by atoms with E-state index in [-0.39, 0.29) is 5.78 Å². The lowest BCUT2D eigenvalue weighted by atomic mass is 10.2. The second-order valence-corrected chi connectivity index (χ2v) is 6.37. The molecular weight excluding hydrogens is 306 g/mol. The van der Waals surface area contributed by atoms with Gasteiger partial charge in [-0.1, -0.05) is 12.1 Å². The molecule has 23 heavy (non-hydrogen) atoms. The van der Waals surface area contributed by atoms with Crippen LogP contribution in [0.2, 0.25) is 0 Å². The molecule has 0 bridgehead atoms. The number of nitrogens with zero attached hydrogens (tertiary/aromatic N) is 2. The van der Waals surface area contributed by atoms with Crippen LogP contribution in [0.3, 0.4) is 0 Å². The van der Waals surface area contributed by atoms with E-state index in [2.05, 4.69) is 15.3 Å². The standard InChI is InChI=1S/C18H17N3OS/c1-12-4-3-5-15(8-12)20-18-19-7-6-16(21-18)17-10-14(11-23-17)9-13(2)22/h3-8,10-11H,9H2,1-2H3,(H,19,20,21). The summed E-state index contributed by atoms with van der Waals surface area (Å²) in [6, 6.07) is 12.0. The maximum absolute atomic E-state index is 11.2. The Labute approximate surface area is 139 Å². The highest BCUT2D eigenvalue weighted by Gasteiger charge is 2.07. The van der Waals surface area contributed by atoms with Crippen molar-refractivity contribution in [2.75, 3.05) is 5.32 Å². The Morgan fingerprint density at radius 3 is 2.91 bits per heavy atom. The lowest BCUT2D eigenvalue weighted by molar-refractivity contribution is -0.116. The fourth-order valence-electron chi connectivity index (χ4n) is 2.30. The minimum Gasteiger partial charge on any atom is -0.324 e. The van der Waals surface area contributed by atoms with E-state index in [1.54, 1.807) is 24.5 Å². The van der Waals surface area contributed by atoms with E-state index in [1.807, 2.05) is 48.7 Å². The van der Waals surface area contributed by atoms with Crippen molar-refractivity contribution in [3.63, 3.8) is 0 Å². The molecule has 0 radical (unpaired) electrons. The zero-order chi connectivity index (χ0) is 16.2. The maximum atomic E-state index is 11.2. The van der Waals surface area contributed by atoms with Gasteiger partial charge in [-0.05, 0) is 54.6 Å². The fraction of sp³-hybridized carbons (Fsp3) is 0.167. The van der Waals surface area contributed by atoms with Crippen molar-refractivity contribution in [1.82, 2.24) is 9.97 Å². The van der Waals surface area contributed by atoms with Crippen molar-refractivity contribution in [1.29, 1.82) is 0 Å². The molecule has 116 valence electrons. The topological polar surface area (TPSA) is 54.9 Å². The zero-order valence-electron chi connectivity index (χ0n) is 13.0. The maximum Gasteiger partial charge on any atom is 0.227 e. The number of hydrogen-bond donors (Lipinski definition) is 1. The van der Waals surface area contributed by atoms with Crippen LogP contribution in [0.15, 0.2) is 48.0 Å². The van der Waals surface area contributed by atoms with Gasteiger partial charge in [-0.15, -0.1) is 11.3 Å². The summed E-state index contributed by atoms with van der Waals surface area (Å²) in [6.07, 6.45) is 2.21. The summed E-state index contributed by atoms with van der Waals surface area (Å²) in [5.41, 5.74) is 4.03. The SMILES string of the molecule is CC(=O)Cc1csc(-c2ccnc(Nc3cccc(C)c3)n2)c1. The number of aromatic nitrogens is 2.